The van der Waals surface area contributed by atoms with Crippen LogP contribution >= 0.6 is 23.7 Å². The van der Waals surface area contributed by atoms with E-state index in [9.17, 15) is 9.59 Å². The molecule has 2 saturated heterocycles. The van der Waals surface area contributed by atoms with Crippen LogP contribution in [0.1, 0.15) is 27.4 Å². The highest BCUT2D eigenvalue weighted by molar-refractivity contribution is 7.13. The average molecular weight is 402 g/mol. The maximum absolute atomic E-state index is 13.1. The van der Waals surface area contributed by atoms with Crippen molar-refractivity contribution < 1.29 is 14.3 Å². The lowest BCUT2D eigenvalue weighted by Gasteiger charge is -2.42. The molecule has 8 heteroatoms. The van der Waals surface area contributed by atoms with Crippen LogP contribution in [-0.4, -0.2) is 74.6 Å². The molecule has 3 rings (SSSR count). The van der Waals surface area contributed by atoms with Crippen molar-refractivity contribution in [2.24, 2.45) is 5.41 Å². The van der Waals surface area contributed by atoms with Gasteiger partial charge in [-0.25, -0.2) is 0 Å². The van der Waals surface area contributed by atoms with Crippen molar-refractivity contribution >= 4 is 35.6 Å². The fraction of sp³-hybridized carbons (Fsp3) is 0.667. The van der Waals surface area contributed by atoms with E-state index in [1.165, 1.54) is 11.3 Å². The zero-order valence-electron chi connectivity index (χ0n) is 15.5. The summed E-state index contributed by atoms with van der Waals surface area (Å²) in [5.41, 5.74) is -0.406. The number of hydrogen-bond donors (Lipinski definition) is 1. The molecule has 2 fully saturated rings. The van der Waals surface area contributed by atoms with Gasteiger partial charge in [-0.3, -0.25) is 9.59 Å². The third-order valence-corrected chi connectivity index (χ3v) is 6.23. The van der Waals surface area contributed by atoms with Gasteiger partial charge < -0.3 is 19.9 Å². The molecular weight excluding hydrogens is 374 g/mol. The van der Waals surface area contributed by atoms with Crippen LogP contribution in [0.2, 0.25) is 0 Å². The maximum atomic E-state index is 13.1. The van der Waals surface area contributed by atoms with E-state index in [0.29, 0.717) is 32.8 Å². The van der Waals surface area contributed by atoms with Crippen LogP contribution in [0, 0.1) is 12.3 Å². The highest BCUT2D eigenvalue weighted by Crippen LogP contribution is 2.32. The average Bonchev–Trinajstić information content (AvgIpc) is 3.08. The van der Waals surface area contributed by atoms with Gasteiger partial charge in [-0.1, -0.05) is 0 Å². The van der Waals surface area contributed by atoms with E-state index in [2.05, 4.69) is 5.32 Å². The summed E-state index contributed by atoms with van der Waals surface area (Å²) in [6, 6.07) is 3.87. The zero-order chi connectivity index (χ0) is 17.9. The predicted molar refractivity (Wildman–Crippen MR) is 105 cm³/mol. The second kappa shape index (κ2) is 9.17. The number of amides is 2. The molecule has 146 valence electrons. The standard InChI is InChI=1S/C18H27N3O3S.ClH/c1-14-3-4-15(25-14)16(22)20-9-11-21(12-10-20)17(23)18(13-24-2)5-7-19-8-6-18;/h3-4,19H,5-13H2,1-2H3;1H. The highest BCUT2D eigenvalue weighted by Gasteiger charge is 2.43. The molecule has 0 saturated carbocycles. The number of rotatable bonds is 4. The van der Waals surface area contributed by atoms with E-state index in [0.717, 1.165) is 35.7 Å². The van der Waals surface area contributed by atoms with E-state index >= 15 is 0 Å². The number of carbonyl (C=O) groups excluding carboxylic acids is 2. The number of ether oxygens (including phenoxy) is 1. The first kappa shape index (κ1) is 21.2. The number of halogens is 1. The molecule has 1 aromatic heterocycles. The molecule has 0 radical (unpaired) electrons. The van der Waals surface area contributed by atoms with Gasteiger partial charge in [-0.05, 0) is 45.0 Å². The lowest BCUT2D eigenvalue weighted by atomic mass is 9.78. The van der Waals surface area contributed by atoms with Gasteiger partial charge in [-0.2, -0.15) is 0 Å². The number of nitrogens with zero attached hydrogens (tertiary/aromatic N) is 2. The molecule has 0 aromatic carbocycles. The number of aryl methyl sites for hydroxylation is 1. The molecule has 26 heavy (non-hydrogen) atoms. The van der Waals surface area contributed by atoms with Gasteiger partial charge in [0.15, 0.2) is 0 Å². The summed E-state index contributed by atoms with van der Waals surface area (Å²) in [5, 5.41) is 3.32. The number of thiophene rings is 1. The van der Waals surface area contributed by atoms with Crippen LogP contribution in [0.25, 0.3) is 0 Å². The van der Waals surface area contributed by atoms with E-state index in [4.69, 9.17) is 4.74 Å². The topological polar surface area (TPSA) is 61.9 Å². The predicted octanol–water partition coefficient (Wildman–Crippen LogP) is 1.78. The Morgan fingerprint density at radius 3 is 2.31 bits per heavy atom. The summed E-state index contributed by atoms with van der Waals surface area (Å²) in [7, 11) is 1.66. The summed E-state index contributed by atoms with van der Waals surface area (Å²) >= 11 is 1.53. The van der Waals surface area contributed by atoms with E-state index in [1.807, 2.05) is 28.9 Å². The summed E-state index contributed by atoms with van der Waals surface area (Å²) in [5.74, 6) is 0.272. The lowest BCUT2D eigenvalue weighted by molar-refractivity contribution is -0.149. The van der Waals surface area contributed by atoms with Crippen LogP contribution < -0.4 is 5.32 Å². The molecule has 2 amide bonds. The summed E-state index contributed by atoms with van der Waals surface area (Å²) in [6.45, 7) is 6.59. The van der Waals surface area contributed by atoms with Gasteiger partial charge in [0.05, 0.1) is 16.9 Å². The summed E-state index contributed by atoms with van der Waals surface area (Å²) in [4.78, 5) is 31.4. The minimum absolute atomic E-state index is 0. The number of methoxy groups -OCH3 is 1. The van der Waals surface area contributed by atoms with Crippen LogP contribution in [0.3, 0.4) is 0 Å². The first-order valence-corrected chi connectivity index (χ1v) is 9.72. The lowest BCUT2D eigenvalue weighted by Crippen LogP contribution is -2.57. The molecular formula is C18H28ClN3O3S. The Labute approximate surface area is 165 Å². The van der Waals surface area contributed by atoms with Gasteiger partial charge in [-0.15, -0.1) is 23.7 Å². The molecule has 1 N–H and O–H groups in total. The minimum atomic E-state index is -0.406. The first-order chi connectivity index (χ1) is 12.1. The smallest absolute Gasteiger partial charge is 0.264 e. The molecule has 0 spiro atoms. The van der Waals surface area contributed by atoms with E-state index < -0.39 is 5.41 Å². The van der Waals surface area contributed by atoms with Crippen LogP contribution in [0.5, 0.6) is 0 Å². The van der Waals surface area contributed by atoms with Crippen molar-refractivity contribution in [2.75, 3.05) is 53.0 Å². The van der Waals surface area contributed by atoms with Crippen LogP contribution in [0.4, 0.5) is 0 Å². The molecule has 6 nitrogen and oxygen atoms in total. The normalized spacial score (nSPS) is 19.8. The Morgan fingerprint density at radius 2 is 1.77 bits per heavy atom. The largest absolute Gasteiger partial charge is 0.384 e. The molecule has 0 atom stereocenters. The van der Waals surface area contributed by atoms with Crippen molar-refractivity contribution in [1.82, 2.24) is 15.1 Å². The fourth-order valence-electron chi connectivity index (χ4n) is 3.75. The van der Waals surface area contributed by atoms with Crippen molar-refractivity contribution in [3.05, 3.63) is 21.9 Å². The third kappa shape index (κ3) is 4.39. The molecule has 2 aliphatic rings. The molecule has 3 heterocycles. The van der Waals surface area contributed by atoms with Crippen molar-refractivity contribution in [3.63, 3.8) is 0 Å². The van der Waals surface area contributed by atoms with Gasteiger partial charge in [0.25, 0.3) is 5.91 Å². The SMILES string of the molecule is COCC1(C(=O)N2CCN(C(=O)c3ccc(C)s3)CC2)CCNCC1.Cl. The first-order valence-electron chi connectivity index (χ1n) is 8.90. The van der Waals surface area contributed by atoms with Crippen molar-refractivity contribution in [3.8, 4) is 0 Å². The minimum Gasteiger partial charge on any atom is -0.384 e. The number of piperidine rings is 1. The summed E-state index contributed by atoms with van der Waals surface area (Å²) in [6.07, 6.45) is 1.63. The molecule has 0 unspecified atom stereocenters. The fourth-order valence-corrected chi connectivity index (χ4v) is 4.59. The Morgan fingerprint density at radius 1 is 1.15 bits per heavy atom. The number of carbonyl (C=O) groups is 2. The number of piperazine rings is 1. The Kier molecular flexibility index (Phi) is 7.46. The summed E-state index contributed by atoms with van der Waals surface area (Å²) < 4.78 is 5.38. The van der Waals surface area contributed by atoms with Crippen molar-refractivity contribution in [1.29, 1.82) is 0 Å². The Balaban J connectivity index is 0.00000243. The van der Waals surface area contributed by atoms with Gasteiger partial charge in [0.1, 0.15) is 0 Å². The quantitative estimate of drug-likeness (QED) is 0.835. The van der Waals surface area contributed by atoms with Gasteiger partial charge in [0, 0.05) is 38.2 Å². The second-order valence-electron chi connectivity index (χ2n) is 6.96. The molecule has 0 bridgehead atoms. The number of nitrogens with one attached hydrogen (secondary N) is 1. The van der Waals surface area contributed by atoms with E-state index in [-0.39, 0.29) is 24.2 Å². The van der Waals surface area contributed by atoms with E-state index in [1.54, 1.807) is 7.11 Å². The highest BCUT2D eigenvalue weighted by atomic mass is 35.5. The van der Waals surface area contributed by atoms with Crippen LogP contribution in [0.15, 0.2) is 12.1 Å². The second-order valence-corrected chi connectivity index (χ2v) is 8.25. The molecule has 0 aliphatic carbocycles. The van der Waals surface area contributed by atoms with Crippen LogP contribution in [-0.2, 0) is 9.53 Å². The zero-order valence-corrected chi connectivity index (χ0v) is 17.1. The Bertz CT molecular complexity index is 617. The van der Waals surface area contributed by atoms with Crippen molar-refractivity contribution in [2.45, 2.75) is 19.8 Å². The maximum Gasteiger partial charge on any atom is 0.264 e. The monoisotopic (exact) mass is 401 g/mol. The molecule has 1 aromatic rings. The van der Waals surface area contributed by atoms with Gasteiger partial charge >= 0.3 is 0 Å². The molecule has 2 aliphatic heterocycles. The third-order valence-electron chi connectivity index (χ3n) is 5.24. The van der Waals surface area contributed by atoms with Gasteiger partial charge in [0.2, 0.25) is 5.91 Å². The Hall–Kier alpha value is -1.15. The number of hydrogen-bond acceptors (Lipinski definition) is 5.